The van der Waals surface area contributed by atoms with Gasteiger partial charge in [0.05, 0.1) is 33.3 Å². The second-order valence-electron chi connectivity index (χ2n) is 8.21. The van der Waals surface area contributed by atoms with Crippen molar-refractivity contribution in [2.45, 2.75) is 38.1 Å². The van der Waals surface area contributed by atoms with Crippen molar-refractivity contribution in [2.75, 3.05) is 27.4 Å². The summed E-state index contributed by atoms with van der Waals surface area (Å²) in [7, 11) is 2.85. The van der Waals surface area contributed by atoms with Gasteiger partial charge in [-0.3, -0.25) is 14.4 Å². The van der Waals surface area contributed by atoms with Crippen LogP contribution < -0.4 is 4.74 Å². The van der Waals surface area contributed by atoms with Crippen molar-refractivity contribution < 1.29 is 28.6 Å². The summed E-state index contributed by atoms with van der Waals surface area (Å²) in [6.45, 7) is 4.12. The molecule has 0 saturated heterocycles. The number of hydrogen-bond donors (Lipinski definition) is 0. The lowest BCUT2D eigenvalue weighted by atomic mass is 9.69. The molecule has 0 saturated carbocycles. The van der Waals surface area contributed by atoms with Crippen molar-refractivity contribution in [1.82, 2.24) is 4.90 Å². The van der Waals surface area contributed by atoms with E-state index in [1.807, 2.05) is 19.1 Å². The lowest BCUT2D eigenvalue weighted by Gasteiger charge is -2.45. The number of esters is 2. The molecule has 4 rings (SSSR count). The van der Waals surface area contributed by atoms with Crippen LogP contribution in [-0.2, 0) is 30.9 Å². The number of aryl methyl sites for hydroxylation is 1. The van der Waals surface area contributed by atoms with Gasteiger partial charge >= 0.3 is 11.9 Å². The Hall–Kier alpha value is -3.35. The number of rotatable bonds is 6. The number of carbonyl (C=O) groups is 3. The summed E-state index contributed by atoms with van der Waals surface area (Å²) in [6.07, 6.45) is 0.437. The molecule has 1 aliphatic heterocycles. The van der Waals surface area contributed by atoms with Crippen LogP contribution in [0.3, 0.4) is 0 Å². The Morgan fingerprint density at radius 3 is 2.62 bits per heavy atom. The van der Waals surface area contributed by atoms with Crippen molar-refractivity contribution in [3.63, 3.8) is 0 Å². The average Bonchev–Trinajstić information content (AvgIpc) is 3.13. The van der Waals surface area contributed by atoms with Gasteiger partial charge in [0, 0.05) is 12.1 Å². The van der Waals surface area contributed by atoms with E-state index in [0.717, 1.165) is 16.7 Å². The summed E-state index contributed by atoms with van der Waals surface area (Å²) in [5, 5.41) is 0. The van der Waals surface area contributed by atoms with E-state index >= 15 is 0 Å². The van der Waals surface area contributed by atoms with E-state index in [9.17, 15) is 14.4 Å². The van der Waals surface area contributed by atoms with Gasteiger partial charge in [-0.25, -0.2) is 0 Å². The van der Waals surface area contributed by atoms with E-state index in [1.165, 1.54) is 14.2 Å². The van der Waals surface area contributed by atoms with Gasteiger partial charge in [-0.2, -0.15) is 0 Å². The summed E-state index contributed by atoms with van der Waals surface area (Å²) < 4.78 is 15.7. The third-order valence-corrected chi connectivity index (χ3v) is 6.46. The molecular weight excluding hydrogens is 410 g/mol. The fraction of sp³-hybridized carbons (Fsp3) is 0.400. The zero-order chi connectivity index (χ0) is 23.0. The number of methoxy groups -OCH3 is 2. The summed E-state index contributed by atoms with van der Waals surface area (Å²) in [4.78, 5) is 40.9. The number of carbonyl (C=O) groups excluding carboxylic acids is 3. The predicted molar refractivity (Wildman–Crippen MR) is 117 cm³/mol. The first-order chi connectivity index (χ1) is 15.4. The highest BCUT2D eigenvalue weighted by atomic mass is 16.5. The number of nitrogens with zero attached hydrogens (tertiary/aromatic N) is 1. The smallest absolute Gasteiger partial charge is 0.319 e. The van der Waals surface area contributed by atoms with Crippen molar-refractivity contribution in [3.8, 4) is 5.75 Å². The van der Waals surface area contributed by atoms with Crippen LogP contribution in [0.5, 0.6) is 5.75 Å². The molecular formula is C25H27NO6. The van der Waals surface area contributed by atoms with Crippen LogP contribution in [0.2, 0.25) is 0 Å². The van der Waals surface area contributed by atoms with Gasteiger partial charge in [0.15, 0.2) is 0 Å². The molecule has 0 N–H and O–H groups in total. The molecule has 1 heterocycles. The maximum atomic E-state index is 13.7. The molecule has 2 aliphatic rings. The molecule has 32 heavy (non-hydrogen) atoms. The van der Waals surface area contributed by atoms with E-state index < -0.39 is 17.4 Å². The van der Waals surface area contributed by atoms with Gasteiger partial charge in [-0.05, 0) is 49.1 Å². The Morgan fingerprint density at radius 2 is 1.94 bits per heavy atom. The first-order valence-corrected chi connectivity index (χ1v) is 10.7. The molecule has 2 atom stereocenters. The standard InChI is InChI=1S/C25H27NO6/c1-5-32-24(29)25-14-16-12-15(2)6-8-18(16)22(25)26(11-10-21(27)31-4)23(28)19-13-17(30-3)7-9-20(19)25/h6-9,12-13,22H,5,10-11,14H2,1-4H3/t22-,25+/m1/s1. The summed E-state index contributed by atoms with van der Waals surface area (Å²) >= 11 is 0. The first-order valence-electron chi connectivity index (χ1n) is 10.7. The van der Waals surface area contributed by atoms with E-state index in [4.69, 9.17) is 14.2 Å². The van der Waals surface area contributed by atoms with Crippen LogP contribution in [0.4, 0.5) is 0 Å². The zero-order valence-electron chi connectivity index (χ0n) is 18.8. The third-order valence-electron chi connectivity index (χ3n) is 6.46. The topological polar surface area (TPSA) is 82.1 Å². The van der Waals surface area contributed by atoms with Crippen molar-refractivity contribution in [1.29, 1.82) is 0 Å². The highest BCUT2D eigenvalue weighted by Crippen LogP contribution is 2.56. The van der Waals surface area contributed by atoms with Crippen molar-refractivity contribution in [3.05, 3.63) is 64.2 Å². The Balaban J connectivity index is 1.96. The Morgan fingerprint density at radius 1 is 1.16 bits per heavy atom. The summed E-state index contributed by atoms with van der Waals surface area (Å²) in [5.41, 5.74) is 2.91. The molecule has 1 aliphatic carbocycles. The van der Waals surface area contributed by atoms with Crippen molar-refractivity contribution >= 4 is 17.8 Å². The predicted octanol–water partition coefficient (Wildman–Crippen LogP) is 3.12. The largest absolute Gasteiger partial charge is 0.497 e. The average molecular weight is 437 g/mol. The molecule has 7 nitrogen and oxygen atoms in total. The normalized spacial score (nSPS) is 20.8. The number of amides is 1. The van der Waals surface area contributed by atoms with Gasteiger partial charge in [0.25, 0.3) is 5.91 Å². The monoisotopic (exact) mass is 437 g/mol. The Bertz CT molecular complexity index is 1090. The van der Waals surface area contributed by atoms with Crippen LogP contribution in [0.1, 0.15) is 52.0 Å². The van der Waals surface area contributed by atoms with E-state index in [0.29, 0.717) is 23.3 Å². The van der Waals surface area contributed by atoms with Crippen LogP contribution in [0, 0.1) is 6.92 Å². The quantitative estimate of drug-likeness (QED) is 0.646. The van der Waals surface area contributed by atoms with Crippen LogP contribution in [0.25, 0.3) is 0 Å². The van der Waals surface area contributed by atoms with Gasteiger partial charge in [0.1, 0.15) is 11.2 Å². The molecule has 0 fully saturated rings. The highest BCUT2D eigenvalue weighted by molar-refractivity contribution is 6.03. The minimum absolute atomic E-state index is 0.0259. The molecule has 0 spiro atoms. The van der Waals surface area contributed by atoms with Crippen LogP contribution in [0.15, 0.2) is 36.4 Å². The second-order valence-corrected chi connectivity index (χ2v) is 8.21. The molecule has 7 heteroatoms. The van der Waals surface area contributed by atoms with Crippen LogP contribution in [-0.4, -0.2) is 50.1 Å². The van der Waals surface area contributed by atoms with E-state index in [2.05, 4.69) is 6.07 Å². The molecule has 0 unspecified atom stereocenters. The van der Waals surface area contributed by atoms with Gasteiger partial charge in [-0.1, -0.05) is 29.8 Å². The molecule has 0 radical (unpaired) electrons. The SMILES string of the molecule is CCOC(=O)[C@]12Cc3cc(C)ccc3[C@H]1N(CCC(=O)OC)C(=O)c1cc(OC)ccc12. The number of benzene rings is 2. The second kappa shape index (κ2) is 8.30. The van der Waals surface area contributed by atoms with Gasteiger partial charge in [-0.15, -0.1) is 0 Å². The maximum Gasteiger partial charge on any atom is 0.319 e. The Kier molecular flexibility index (Phi) is 5.67. The summed E-state index contributed by atoms with van der Waals surface area (Å²) in [5.74, 6) is -0.520. The Labute approximate surface area is 187 Å². The molecule has 168 valence electrons. The van der Waals surface area contributed by atoms with Crippen molar-refractivity contribution in [2.24, 2.45) is 0 Å². The zero-order valence-corrected chi connectivity index (χ0v) is 18.8. The first kappa shape index (κ1) is 21.9. The third kappa shape index (κ3) is 3.23. The summed E-state index contributed by atoms with van der Waals surface area (Å²) in [6, 6.07) is 10.7. The van der Waals surface area contributed by atoms with Gasteiger partial charge in [0.2, 0.25) is 0 Å². The lowest BCUT2D eigenvalue weighted by Crippen LogP contribution is -2.55. The van der Waals surface area contributed by atoms with E-state index in [-0.39, 0.29) is 31.4 Å². The van der Waals surface area contributed by atoms with Crippen LogP contribution >= 0.6 is 0 Å². The molecule has 2 aromatic rings. The van der Waals surface area contributed by atoms with Gasteiger partial charge < -0.3 is 19.1 Å². The van der Waals surface area contributed by atoms with E-state index in [1.54, 1.807) is 30.0 Å². The molecule has 0 aromatic heterocycles. The number of ether oxygens (including phenoxy) is 3. The fourth-order valence-electron chi connectivity index (χ4n) is 5.08. The minimum Gasteiger partial charge on any atom is -0.497 e. The lowest BCUT2D eigenvalue weighted by molar-refractivity contribution is -0.153. The number of hydrogen-bond acceptors (Lipinski definition) is 6. The molecule has 1 amide bonds. The fourth-order valence-corrected chi connectivity index (χ4v) is 5.08. The number of fused-ring (bicyclic) bond motifs is 5. The highest BCUT2D eigenvalue weighted by Gasteiger charge is 2.61. The maximum absolute atomic E-state index is 13.7. The minimum atomic E-state index is -1.10. The molecule has 2 aromatic carbocycles. The molecule has 0 bridgehead atoms.